The smallest absolute Gasteiger partial charge is 0.262 e. The predicted octanol–water partition coefficient (Wildman–Crippen LogP) is 2.22. The summed E-state index contributed by atoms with van der Waals surface area (Å²) in [6, 6.07) is 4.56. The molecule has 0 spiro atoms. The van der Waals surface area contributed by atoms with Crippen LogP contribution < -0.4 is 5.56 Å². The standard InChI is InChI=1S/C15H19N5OS/c1-9-5-6-12(22-9)10(2)19(3)8-13-17-14-11(15(21)18-13)7-16-20(14)4/h5-7,10H,8H2,1-4H3,(H,17,18,21)/t10-/m0/s1. The Bertz CT molecular complexity index is 862. The fraction of sp³-hybridized carbons (Fsp3) is 0.400. The van der Waals surface area contributed by atoms with Crippen molar-refractivity contribution in [1.82, 2.24) is 24.6 Å². The van der Waals surface area contributed by atoms with Crippen LogP contribution in [0.2, 0.25) is 0 Å². The number of thiophene rings is 1. The minimum absolute atomic E-state index is 0.138. The van der Waals surface area contributed by atoms with Gasteiger partial charge >= 0.3 is 0 Å². The Morgan fingerprint density at radius 3 is 2.91 bits per heavy atom. The van der Waals surface area contributed by atoms with Crippen LogP contribution in [0.5, 0.6) is 0 Å². The molecule has 0 bridgehead atoms. The molecule has 1 atom stereocenters. The second kappa shape index (κ2) is 5.66. The average molecular weight is 317 g/mol. The van der Waals surface area contributed by atoms with Crippen molar-refractivity contribution in [2.45, 2.75) is 26.4 Å². The number of aromatic amines is 1. The highest BCUT2D eigenvalue weighted by Gasteiger charge is 2.16. The Hall–Kier alpha value is -1.99. The van der Waals surface area contributed by atoms with Gasteiger partial charge in [-0.05, 0) is 33.0 Å². The molecule has 6 nitrogen and oxygen atoms in total. The van der Waals surface area contributed by atoms with Crippen molar-refractivity contribution in [3.05, 3.63) is 44.3 Å². The lowest BCUT2D eigenvalue weighted by Crippen LogP contribution is -2.24. The number of H-pyrrole nitrogens is 1. The van der Waals surface area contributed by atoms with Crippen LogP contribution in [-0.4, -0.2) is 31.7 Å². The minimum atomic E-state index is -0.138. The van der Waals surface area contributed by atoms with Gasteiger partial charge in [-0.1, -0.05) is 0 Å². The number of fused-ring (bicyclic) bond motifs is 1. The Labute approximate surface area is 132 Å². The first kappa shape index (κ1) is 14.9. The molecule has 0 fully saturated rings. The van der Waals surface area contributed by atoms with Crippen LogP contribution in [0.15, 0.2) is 23.1 Å². The molecule has 0 aliphatic carbocycles. The van der Waals surface area contributed by atoms with Gasteiger partial charge in [0.15, 0.2) is 5.65 Å². The number of aromatic nitrogens is 4. The van der Waals surface area contributed by atoms with Gasteiger partial charge in [-0.25, -0.2) is 4.98 Å². The van der Waals surface area contributed by atoms with Gasteiger partial charge in [0.1, 0.15) is 11.2 Å². The molecule has 0 saturated heterocycles. The van der Waals surface area contributed by atoms with Crippen molar-refractivity contribution in [3.8, 4) is 0 Å². The second-order valence-corrected chi connectivity index (χ2v) is 6.88. The van der Waals surface area contributed by atoms with Crippen LogP contribution in [0.3, 0.4) is 0 Å². The van der Waals surface area contributed by atoms with Gasteiger partial charge < -0.3 is 4.98 Å². The lowest BCUT2D eigenvalue weighted by molar-refractivity contribution is 0.250. The summed E-state index contributed by atoms with van der Waals surface area (Å²) < 4.78 is 1.63. The zero-order chi connectivity index (χ0) is 15.9. The van der Waals surface area contributed by atoms with Gasteiger partial charge in [0.2, 0.25) is 0 Å². The van der Waals surface area contributed by atoms with E-state index < -0.39 is 0 Å². The third kappa shape index (κ3) is 2.69. The van der Waals surface area contributed by atoms with Gasteiger partial charge in [-0.3, -0.25) is 14.4 Å². The molecule has 0 radical (unpaired) electrons. The number of hydrogen-bond donors (Lipinski definition) is 1. The first-order valence-corrected chi connectivity index (χ1v) is 7.95. The first-order chi connectivity index (χ1) is 10.5. The summed E-state index contributed by atoms with van der Waals surface area (Å²) in [6.07, 6.45) is 1.55. The van der Waals surface area contributed by atoms with Crippen LogP contribution in [0.25, 0.3) is 11.0 Å². The molecule has 0 unspecified atom stereocenters. The van der Waals surface area contributed by atoms with E-state index in [0.717, 1.165) is 0 Å². The average Bonchev–Trinajstić information content (AvgIpc) is 3.05. The van der Waals surface area contributed by atoms with E-state index >= 15 is 0 Å². The molecular formula is C15H19N5OS. The summed E-state index contributed by atoms with van der Waals surface area (Å²) in [5.74, 6) is 0.656. The molecule has 22 heavy (non-hydrogen) atoms. The second-order valence-electron chi connectivity index (χ2n) is 5.56. The van der Waals surface area contributed by atoms with Crippen molar-refractivity contribution in [2.24, 2.45) is 7.05 Å². The zero-order valence-electron chi connectivity index (χ0n) is 13.1. The maximum atomic E-state index is 12.1. The van der Waals surface area contributed by atoms with Crippen LogP contribution >= 0.6 is 11.3 Å². The minimum Gasteiger partial charge on any atom is -0.309 e. The first-order valence-electron chi connectivity index (χ1n) is 7.13. The van der Waals surface area contributed by atoms with Crippen molar-refractivity contribution in [3.63, 3.8) is 0 Å². The van der Waals surface area contributed by atoms with Gasteiger partial charge in [0.25, 0.3) is 5.56 Å². The maximum absolute atomic E-state index is 12.1. The van der Waals surface area contributed by atoms with Crippen molar-refractivity contribution in [1.29, 1.82) is 0 Å². The summed E-state index contributed by atoms with van der Waals surface area (Å²) in [7, 11) is 3.83. The Kier molecular flexibility index (Phi) is 3.84. The molecule has 1 N–H and O–H groups in total. The van der Waals surface area contributed by atoms with Crippen molar-refractivity contribution in [2.75, 3.05) is 7.05 Å². The molecule has 116 valence electrons. The lowest BCUT2D eigenvalue weighted by atomic mass is 10.2. The molecule has 3 aromatic rings. The van der Waals surface area contributed by atoms with Gasteiger partial charge in [-0.2, -0.15) is 5.10 Å². The number of nitrogens with one attached hydrogen (secondary N) is 1. The van der Waals surface area contributed by atoms with Crippen LogP contribution in [-0.2, 0) is 13.6 Å². The van der Waals surface area contributed by atoms with Crippen LogP contribution in [0.1, 0.15) is 28.5 Å². The molecule has 7 heteroatoms. The molecular weight excluding hydrogens is 298 g/mol. The molecule has 0 amide bonds. The van der Waals surface area contributed by atoms with Gasteiger partial charge in [0, 0.05) is 22.8 Å². The molecule has 0 aromatic carbocycles. The third-order valence-corrected chi connectivity index (χ3v) is 5.05. The number of nitrogens with zero attached hydrogens (tertiary/aromatic N) is 4. The van der Waals surface area contributed by atoms with E-state index in [9.17, 15) is 4.79 Å². The SMILES string of the molecule is Cc1ccc([C@H](C)N(C)Cc2nc3c(cnn3C)c(=O)[nH]2)s1. The normalized spacial score (nSPS) is 13.1. The van der Waals surface area contributed by atoms with E-state index in [0.29, 0.717) is 23.4 Å². The number of rotatable bonds is 4. The molecule has 0 aliphatic rings. The van der Waals surface area contributed by atoms with Crippen molar-refractivity contribution >= 4 is 22.4 Å². The fourth-order valence-corrected chi connectivity index (χ4v) is 3.42. The highest BCUT2D eigenvalue weighted by Crippen LogP contribution is 2.26. The van der Waals surface area contributed by atoms with E-state index in [1.54, 1.807) is 29.3 Å². The van der Waals surface area contributed by atoms with E-state index in [1.165, 1.54) is 9.75 Å². The highest BCUT2D eigenvalue weighted by atomic mass is 32.1. The largest absolute Gasteiger partial charge is 0.309 e. The van der Waals surface area contributed by atoms with Gasteiger partial charge in [0.05, 0.1) is 12.7 Å². The van der Waals surface area contributed by atoms with E-state index in [4.69, 9.17) is 0 Å². The fourth-order valence-electron chi connectivity index (χ4n) is 2.42. The molecule has 0 aliphatic heterocycles. The predicted molar refractivity (Wildman–Crippen MR) is 88.1 cm³/mol. The van der Waals surface area contributed by atoms with E-state index in [-0.39, 0.29) is 11.6 Å². The molecule has 3 rings (SSSR count). The van der Waals surface area contributed by atoms with Crippen LogP contribution in [0.4, 0.5) is 0 Å². The number of hydrogen-bond acceptors (Lipinski definition) is 5. The van der Waals surface area contributed by atoms with Crippen molar-refractivity contribution < 1.29 is 0 Å². The van der Waals surface area contributed by atoms with E-state index in [1.807, 2.05) is 7.05 Å². The van der Waals surface area contributed by atoms with E-state index in [2.05, 4.69) is 45.9 Å². The maximum Gasteiger partial charge on any atom is 0.262 e. The van der Waals surface area contributed by atoms with Gasteiger partial charge in [-0.15, -0.1) is 11.3 Å². The number of aryl methyl sites for hydroxylation is 2. The topological polar surface area (TPSA) is 66.8 Å². The lowest BCUT2D eigenvalue weighted by Gasteiger charge is -2.23. The molecule has 3 aromatic heterocycles. The summed E-state index contributed by atoms with van der Waals surface area (Å²) in [5.41, 5.74) is 0.480. The highest BCUT2D eigenvalue weighted by molar-refractivity contribution is 7.12. The summed E-state index contributed by atoms with van der Waals surface area (Å²) in [4.78, 5) is 24.2. The third-order valence-electron chi connectivity index (χ3n) is 3.88. The summed E-state index contributed by atoms with van der Waals surface area (Å²) in [6.45, 7) is 4.84. The van der Waals surface area contributed by atoms with Crippen LogP contribution in [0, 0.1) is 6.92 Å². The zero-order valence-corrected chi connectivity index (χ0v) is 13.9. The monoisotopic (exact) mass is 317 g/mol. The molecule has 3 heterocycles. The summed E-state index contributed by atoms with van der Waals surface area (Å²) in [5, 5.41) is 4.61. The quantitative estimate of drug-likeness (QED) is 0.801. The summed E-state index contributed by atoms with van der Waals surface area (Å²) >= 11 is 1.80. The Balaban J connectivity index is 1.86. The Morgan fingerprint density at radius 1 is 1.45 bits per heavy atom. The Morgan fingerprint density at radius 2 is 2.23 bits per heavy atom. The molecule has 0 saturated carbocycles.